The maximum absolute atomic E-state index is 2.39. The average Bonchev–Trinajstić information content (AvgIpc) is 2.98. The predicted octanol–water partition coefficient (Wildman–Crippen LogP) is 4.93. The van der Waals surface area contributed by atoms with E-state index in [4.69, 9.17) is 0 Å². The van der Waals surface area contributed by atoms with Crippen molar-refractivity contribution >= 4 is 21.8 Å². The summed E-state index contributed by atoms with van der Waals surface area (Å²) in [5, 5.41) is 2.66. The number of rotatable bonds is 5. The minimum absolute atomic E-state index is 0.904. The molecule has 0 spiro atoms. The third-order valence-electron chi connectivity index (χ3n) is 4.75. The van der Waals surface area contributed by atoms with Crippen molar-refractivity contribution in [3.63, 3.8) is 0 Å². The van der Waals surface area contributed by atoms with E-state index in [9.17, 15) is 0 Å². The van der Waals surface area contributed by atoms with E-state index in [1.807, 2.05) is 0 Å². The topological polar surface area (TPSA) is 8.81 Å². The second kappa shape index (κ2) is 6.48. The van der Waals surface area contributed by atoms with E-state index in [1.165, 1.54) is 40.2 Å². The van der Waals surface area contributed by atoms with Crippen molar-refractivity contribution in [3.8, 4) is 0 Å². The van der Waals surface area contributed by atoms with Gasteiger partial charge in [-0.2, -0.15) is 0 Å². The van der Waals surface area contributed by atoms with Crippen molar-refractivity contribution in [1.82, 2.24) is 4.57 Å². The monoisotopic (exact) mass is 315 g/mol. The number of aryl methyl sites for hydroxylation is 1. The Morgan fingerprint density at radius 3 is 2.58 bits per heavy atom. The van der Waals surface area contributed by atoms with E-state index in [0.29, 0.717) is 0 Å². The Hall–Kier alpha value is -2.61. The van der Waals surface area contributed by atoms with Crippen molar-refractivity contribution in [1.29, 1.82) is 0 Å². The maximum atomic E-state index is 2.39. The molecule has 0 bridgehead atoms. The number of fused-ring (bicyclic) bond motifs is 2. The normalized spacial score (nSPS) is 11.4. The zero-order valence-electron chi connectivity index (χ0n) is 14.2. The first kappa shape index (κ1) is 14.9. The molecule has 0 aliphatic carbocycles. The number of aromatic nitrogens is 2. The maximum Gasteiger partial charge on any atom is 0.245 e. The van der Waals surface area contributed by atoms with Gasteiger partial charge in [-0.15, -0.1) is 0 Å². The van der Waals surface area contributed by atoms with Crippen LogP contribution in [0.2, 0.25) is 0 Å². The molecule has 0 aliphatic rings. The van der Waals surface area contributed by atoms with Gasteiger partial charge in [0, 0.05) is 5.56 Å². The Labute approximate surface area is 143 Å². The molecular weight excluding hydrogens is 292 g/mol. The standard InChI is InChI=1S/C22H23N2/c1-2-3-15-23-17-24(22-14-7-6-13-21(22)23)16-19-11-8-10-18-9-4-5-12-20(18)19/h4-14,17H,2-3,15-16H2,1H3/q+1. The molecule has 0 unspecified atom stereocenters. The van der Waals surface area contributed by atoms with Gasteiger partial charge in [-0.25, -0.2) is 9.13 Å². The van der Waals surface area contributed by atoms with Crippen LogP contribution in [0.4, 0.5) is 0 Å². The zero-order chi connectivity index (χ0) is 16.4. The van der Waals surface area contributed by atoms with E-state index in [0.717, 1.165) is 13.1 Å². The molecule has 0 saturated carbocycles. The van der Waals surface area contributed by atoms with Crippen molar-refractivity contribution in [3.05, 3.63) is 78.6 Å². The molecule has 0 amide bonds. The summed E-state index contributed by atoms with van der Waals surface area (Å²) in [6, 6.07) is 24.0. The highest BCUT2D eigenvalue weighted by Gasteiger charge is 2.15. The van der Waals surface area contributed by atoms with Gasteiger partial charge in [0.25, 0.3) is 0 Å². The van der Waals surface area contributed by atoms with E-state index in [2.05, 4.69) is 89.1 Å². The SMILES string of the molecule is CCCCn1c[n+](Cc2cccc3ccccc23)c2ccccc21. The van der Waals surface area contributed by atoms with E-state index >= 15 is 0 Å². The fourth-order valence-electron chi connectivity index (χ4n) is 3.49. The Balaban J connectivity index is 1.79. The number of hydrogen-bond donors (Lipinski definition) is 0. The Morgan fingerprint density at radius 1 is 0.875 bits per heavy atom. The number of benzene rings is 3. The molecule has 0 fully saturated rings. The first-order valence-electron chi connectivity index (χ1n) is 8.81. The minimum Gasteiger partial charge on any atom is -0.230 e. The van der Waals surface area contributed by atoms with Crippen LogP contribution in [0, 0.1) is 0 Å². The van der Waals surface area contributed by atoms with Crippen LogP contribution in [-0.2, 0) is 13.1 Å². The Morgan fingerprint density at radius 2 is 1.67 bits per heavy atom. The number of nitrogens with zero attached hydrogens (tertiary/aromatic N) is 2. The lowest BCUT2D eigenvalue weighted by Crippen LogP contribution is -2.32. The third-order valence-corrected chi connectivity index (χ3v) is 4.75. The fourth-order valence-corrected chi connectivity index (χ4v) is 3.49. The van der Waals surface area contributed by atoms with Crippen LogP contribution in [-0.4, -0.2) is 4.57 Å². The molecule has 3 aromatic carbocycles. The summed E-state index contributed by atoms with van der Waals surface area (Å²) in [6.45, 7) is 4.23. The third kappa shape index (κ3) is 2.69. The smallest absolute Gasteiger partial charge is 0.230 e. The molecule has 0 saturated heterocycles. The van der Waals surface area contributed by atoms with E-state index in [-0.39, 0.29) is 0 Å². The lowest BCUT2D eigenvalue weighted by atomic mass is 10.0. The predicted molar refractivity (Wildman–Crippen MR) is 100 cm³/mol. The molecule has 2 heteroatoms. The Bertz CT molecular complexity index is 976. The van der Waals surface area contributed by atoms with Crippen molar-refractivity contribution < 1.29 is 4.57 Å². The van der Waals surface area contributed by atoms with Gasteiger partial charge in [0.15, 0.2) is 11.0 Å². The van der Waals surface area contributed by atoms with Gasteiger partial charge in [-0.05, 0) is 29.3 Å². The van der Waals surface area contributed by atoms with Crippen LogP contribution >= 0.6 is 0 Å². The molecule has 24 heavy (non-hydrogen) atoms. The highest BCUT2D eigenvalue weighted by Crippen LogP contribution is 2.19. The highest BCUT2D eigenvalue weighted by atomic mass is 15.1. The van der Waals surface area contributed by atoms with Gasteiger partial charge in [-0.1, -0.05) is 67.9 Å². The lowest BCUT2D eigenvalue weighted by Gasteiger charge is -2.04. The van der Waals surface area contributed by atoms with Gasteiger partial charge in [0.1, 0.15) is 6.54 Å². The van der Waals surface area contributed by atoms with Gasteiger partial charge in [-0.3, -0.25) is 0 Å². The Kier molecular flexibility index (Phi) is 4.04. The van der Waals surface area contributed by atoms with Crippen LogP contribution in [0.1, 0.15) is 25.3 Å². The van der Waals surface area contributed by atoms with E-state index < -0.39 is 0 Å². The molecule has 1 heterocycles. The summed E-state index contributed by atoms with van der Waals surface area (Å²) in [6.07, 6.45) is 4.71. The first-order valence-corrected chi connectivity index (χ1v) is 8.81. The molecular formula is C22H23N2+. The van der Waals surface area contributed by atoms with Crippen LogP contribution in [0.25, 0.3) is 21.8 Å². The van der Waals surface area contributed by atoms with E-state index in [1.54, 1.807) is 0 Å². The number of unbranched alkanes of at least 4 members (excludes halogenated alkanes) is 1. The minimum atomic E-state index is 0.904. The summed E-state index contributed by atoms with van der Waals surface area (Å²) in [7, 11) is 0. The van der Waals surface area contributed by atoms with Gasteiger partial charge < -0.3 is 0 Å². The van der Waals surface area contributed by atoms with Crippen molar-refractivity contribution in [2.45, 2.75) is 32.9 Å². The second-order valence-electron chi connectivity index (χ2n) is 6.42. The van der Waals surface area contributed by atoms with Crippen LogP contribution < -0.4 is 4.57 Å². The van der Waals surface area contributed by atoms with Gasteiger partial charge in [0.2, 0.25) is 6.33 Å². The van der Waals surface area contributed by atoms with Crippen molar-refractivity contribution in [2.75, 3.05) is 0 Å². The molecule has 0 N–H and O–H groups in total. The average molecular weight is 315 g/mol. The molecule has 2 nitrogen and oxygen atoms in total. The largest absolute Gasteiger partial charge is 0.245 e. The molecule has 4 rings (SSSR count). The lowest BCUT2D eigenvalue weighted by molar-refractivity contribution is -0.663. The van der Waals surface area contributed by atoms with Crippen LogP contribution in [0.5, 0.6) is 0 Å². The number of hydrogen-bond acceptors (Lipinski definition) is 0. The summed E-state index contributed by atoms with van der Waals surface area (Å²) >= 11 is 0. The summed E-state index contributed by atoms with van der Waals surface area (Å²) in [4.78, 5) is 0. The van der Waals surface area contributed by atoms with Gasteiger partial charge in [0.05, 0.1) is 6.54 Å². The van der Waals surface area contributed by atoms with Crippen LogP contribution in [0.3, 0.4) is 0 Å². The fraction of sp³-hybridized carbons (Fsp3) is 0.227. The molecule has 120 valence electrons. The molecule has 1 aromatic heterocycles. The summed E-state index contributed by atoms with van der Waals surface area (Å²) < 4.78 is 4.77. The summed E-state index contributed by atoms with van der Waals surface area (Å²) in [5.41, 5.74) is 4.00. The second-order valence-corrected chi connectivity index (χ2v) is 6.42. The zero-order valence-corrected chi connectivity index (χ0v) is 14.2. The quantitative estimate of drug-likeness (QED) is 0.462. The summed E-state index contributed by atoms with van der Waals surface area (Å²) in [5.74, 6) is 0. The van der Waals surface area contributed by atoms with Crippen molar-refractivity contribution in [2.24, 2.45) is 0 Å². The van der Waals surface area contributed by atoms with Crippen LogP contribution in [0.15, 0.2) is 73.1 Å². The highest BCUT2D eigenvalue weighted by molar-refractivity contribution is 5.85. The number of para-hydroxylation sites is 2. The molecule has 0 radical (unpaired) electrons. The molecule has 0 aliphatic heterocycles. The number of imidazole rings is 1. The molecule has 0 atom stereocenters. The molecule has 4 aromatic rings. The first-order chi connectivity index (χ1) is 11.9. The van der Waals surface area contributed by atoms with Gasteiger partial charge >= 0.3 is 0 Å².